The third-order valence-corrected chi connectivity index (χ3v) is 7.86. The van der Waals surface area contributed by atoms with Gasteiger partial charge < -0.3 is 25.4 Å². The summed E-state index contributed by atoms with van der Waals surface area (Å²) in [5.74, 6) is -0.00766. The molecule has 9 heteroatoms. The summed E-state index contributed by atoms with van der Waals surface area (Å²) in [6, 6.07) is 18.6. The number of fused-ring (bicyclic) bond motifs is 3. The Kier molecular flexibility index (Phi) is 6.51. The number of carbonyl (C=O) groups excluding carboxylic acids is 2. The number of hydrogen-bond acceptors (Lipinski definition) is 6. The van der Waals surface area contributed by atoms with Crippen molar-refractivity contribution >= 4 is 39.2 Å². The van der Waals surface area contributed by atoms with E-state index < -0.39 is 6.10 Å². The van der Waals surface area contributed by atoms with Gasteiger partial charge in [-0.1, -0.05) is 42.5 Å². The number of benzene rings is 3. The van der Waals surface area contributed by atoms with Gasteiger partial charge in [0.2, 0.25) is 0 Å². The van der Waals surface area contributed by atoms with Crippen LogP contribution in [0.15, 0.2) is 60.7 Å². The molecule has 2 heterocycles. The summed E-state index contributed by atoms with van der Waals surface area (Å²) in [5, 5.41) is 23.6. The van der Waals surface area contributed by atoms with Crippen molar-refractivity contribution in [2.75, 3.05) is 6.54 Å². The van der Waals surface area contributed by atoms with Crippen molar-refractivity contribution in [3.63, 3.8) is 0 Å². The van der Waals surface area contributed by atoms with E-state index in [1.165, 1.54) is 0 Å². The Labute approximate surface area is 230 Å². The maximum Gasteiger partial charge on any atom is 0.263 e. The van der Waals surface area contributed by atoms with E-state index >= 15 is 0 Å². The van der Waals surface area contributed by atoms with Crippen molar-refractivity contribution in [1.82, 2.24) is 24.8 Å². The van der Waals surface area contributed by atoms with Gasteiger partial charge in [0.25, 0.3) is 11.7 Å². The van der Waals surface area contributed by atoms with Crippen LogP contribution in [0.2, 0.25) is 0 Å². The Bertz CT molecular complexity index is 1790. The van der Waals surface area contributed by atoms with Crippen molar-refractivity contribution in [2.45, 2.75) is 32.3 Å². The molecule has 3 aromatic carbocycles. The van der Waals surface area contributed by atoms with Gasteiger partial charge in [0.05, 0.1) is 22.8 Å². The smallest absolute Gasteiger partial charge is 0.263 e. The number of carbonyl (C=O) groups is 2. The van der Waals surface area contributed by atoms with E-state index in [9.17, 15) is 14.7 Å². The number of rotatable bonds is 7. The molecule has 2 aromatic heterocycles. The minimum Gasteiger partial charge on any atom is -0.387 e. The highest BCUT2D eigenvalue weighted by Gasteiger charge is 2.27. The Hall–Kier alpha value is -4.63. The highest BCUT2D eigenvalue weighted by atomic mass is 16.3. The minimum absolute atomic E-state index is 0.0571. The molecule has 2 unspecified atom stereocenters. The summed E-state index contributed by atoms with van der Waals surface area (Å²) < 4.78 is 1.67. The number of hydrogen-bond donors (Lipinski definition) is 4. The molecule has 6 rings (SSSR count). The first-order valence-corrected chi connectivity index (χ1v) is 13.4. The molecular weight excluding hydrogens is 504 g/mol. The van der Waals surface area contributed by atoms with Gasteiger partial charge >= 0.3 is 0 Å². The summed E-state index contributed by atoms with van der Waals surface area (Å²) in [4.78, 5) is 38.6. The molecule has 0 aliphatic heterocycles. The van der Waals surface area contributed by atoms with Gasteiger partial charge in [-0.25, -0.2) is 9.97 Å². The van der Waals surface area contributed by atoms with Crippen LogP contribution in [0.3, 0.4) is 0 Å². The molecule has 1 aliphatic carbocycles. The van der Waals surface area contributed by atoms with Gasteiger partial charge in [-0.3, -0.25) is 9.59 Å². The summed E-state index contributed by atoms with van der Waals surface area (Å²) in [5.41, 5.74) is 4.83. The van der Waals surface area contributed by atoms with Gasteiger partial charge in [0.1, 0.15) is 0 Å². The molecule has 0 saturated heterocycles. The summed E-state index contributed by atoms with van der Waals surface area (Å²) >= 11 is 0. The number of imidazole rings is 2. The van der Waals surface area contributed by atoms with Crippen LogP contribution in [0.1, 0.15) is 63.2 Å². The Balaban J connectivity index is 1.19. The van der Waals surface area contributed by atoms with E-state index in [1.54, 1.807) is 29.8 Å². The van der Waals surface area contributed by atoms with E-state index in [4.69, 9.17) is 5.41 Å². The van der Waals surface area contributed by atoms with Gasteiger partial charge in [0, 0.05) is 36.5 Å². The molecule has 4 N–H and O–H groups in total. The largest absolute Gasteiger partial charge is 0.387 e. The molecule has 40 heavy (non-hydrogen) atoms. The van der Waals surface area contributed by atoms with Gasteiger partial charge in [-0.05, 0) is 60.7 Å². The fourth-order valence-electron chi connectivity index (χ4n) is 5.54. The van der Waals surface area contributed by atoms with Crippen LogP contribution in [-0.2, 0) is 19.9 Å². The monoisotopic (exact) mass is 534 g/mol. The zero-order chi connectivity index (χ0) is 28.0. The normalized spacial score (nSPS) is 15.6. The number of H-pyrrole nitrogens is 1. The summed E-state index contributed by atoms with van der Waals surface area (Å²) in [6.07, 6.45) is 1.41. The van der Waals surface area contributed by atoms with E-state index in [-0.39, 0.29) is 35.8 Å². The average Bonchev–Trinajstić information content (AvgIpc) is 3.55. The molecule has 5 aromatic rings. The number of aromatic nitrogens is 4. The highest BCUT2D eigenvalue weighted by molar-refractivity contribution is 6.06. The SMILES string of the molecule is CC(=N)C1CCc2nc(C(=O)c3nc4ccc(C(=O)NCC(O)c5cccc6ccccc56)cc4n3C)[nH]c2C1. The highest BCUT2D eigenvalue weighted by Crippen LogP contribution is 2.27. The van der Waals surface area contributed by atoms with Crippen LogP contribution in [-0.4, -0.2) is 48.6 Å². The Morgan fingerprint density at radius 2 is 1.95 bits per heavy atom. The number of nitrogens with zero attached hydrogens (tertiary/aromatic N) is 3. The molecule has 202 valence electrons. The van der Waals surface area contributed by atoms with Crippen LogP contribution >= 0.6 is 0 Å². The standard InChI is InChI=1S/C31H30N6O3/c1-17(32)19-10-12-23-25(14-19)35-29(34-23)28(39)30-36-24-13-11-20(15-26(24)37(30)2)31(40)33-16-27(38)22-9-5-7-18-6-3-4-8-21(18)22/h3-9,11,13,15,19,27,32,38H,10,12,14,16H2,1-2H3,(H,33,40)(H,34,35). The molecule has 9 nitrogen and oxygen atoms in total. The topological polar surface area (TPSA) is 137 Å². The zero-order valence-corrected chi connectivity index (χ0v) is 22.4. The lowest BCUT2D eigenvalue weighted by atomic mass is 9.87. The fourth-order valence-corrected chi connectivity index (χ4v) is 5.54. The van der Waals surface area contributed by atoms with Crippen LogP contribution in [0.5, 0.6) is 0 Å². The number of aliphatic hydroxyl groups is 1. The van der Waals surface area contributed by atoms with E-state index in [1.807, 2.05) is 49.4 Å². The molecule has 0 radical (unpaired) electrons. The van der Waals surface area contributed by atoms with Gasteiger partial charge in [-0.2, -0.15) is 0 Å². The molecule has 1 amide bonds. The number of aryl methyl sites for hydroxylation is 2. The number of aromatic amines is 1. The first-order valence-electron chi connectivity index (χ1n) is 13.4. The molecule has 0 bridgehead atoms. The number of nitrogens with one attached hydrogen (secondary N) is 3. The maximum absolute atomic E-state index is 13.4. The third kappa shape index (κ3) is 4.58. The first-order chi connectivity index (χ1) is 19.3. The molecule has 0 fully saturated rings. The van der Waals surface area contributed by atoms with E-state index in [0.717, 1.165) is 40.6 Å². The average molecular weight is 535 g/mol. The summed E-state index contributed by atoms with van der Waals surface area (Å²) in [6.45, 7) is 1.88. The van der Waals surface area contributed by atoms with Gasteiger partial charge in [-0.15, -0.1) is 0 Å². The first kappa shape index (κ1) is 25.6. The molecular formula is C31H30N6O3. The molecule has 2 atom stereocenters. The van der Waals surface area contributed by atoms with E-state index in [0.29, 0.717) is 28.7 Å². The van der Waals surface area contributed by atoms with Crippen LogP contribution in [0.25, 0.3) is 21.8 Å². The second-order valence-electron chi connectivity index (χ2n) is 10.5. The predicted octanol–water partition coefficient (Wildman–Crippen LogP) is 4.29. The third-order valence-electron chi connectivity index (χ3n) is 7.86. The number of amides is 1. The van der Waals surface area contributed by atoms with Crippen molar-refractivity contribution in [3.05, 3.63) is 94.8 Å². The molecule has 0 spiro atoms. The van der Waals surface area contributed by atoms with Crippen LogP contribution in [0, 0.1) is 11.3 Å². The minimum atomic E-state index is -0.864. The summed E-state index contributed by atoms with van der Waals surface area (Å²) in [7, 11) is 1.74. The van der Waals surface area contributed by atoms with Crippen molar-refractivity contribution in [3.8, 4) is 0 Å². The number of ketones is 1. The molecule has 1 aliphatic rings. The zero-order valence-electron chi connectivity index (χ0n) is 22.4. The van der Waals surface area contributed by atoms with Crippen molar-refractivity contribution < 1.29 is 14.7 Å². The number of aliphatic hydroxyl groups excluding tert-OH is 1. The Morgan fingerprint density at radius 3 is 2.77 bits per heavy atom. The van der Waals surface area contributed by atoms with Crippen LogP contribution in [0.4, 0.5) is 0 Å². The predicted molar refractivity (Wildman–Crippen MR) is 153 cm³/mol. The second-order valence-corrected chi connectivity index (χ2v) is 10.5. The lowest BCUT2D eigenvalue weighted by Crippen LogP contribution is -2.28. The maximum atomic E-state index is 13.4. The second kappa shape index (κ2) is 10.2. The van der Waals surface area contributed by atoms with E-state index in [2.05, 4.69) is 20.3 Å². The molecule has 0 saturated carbocycles. The lowest BCUT2D eigenvalue weighted by Gasteiger charge is -2.19. The Morgan fingerprint density at radius 1 is 1.15 bits per heavy atom. The fraction of sp³-hybridized carbons (Fsp3) is 0.258. The lowest BCUT2D eigenvalue weighted by molar-refractivity contribution is 0.0916. The van der Waals surface area contributed by atoms with Crippen molar-refractivity contribution in [2.24, 2.45) is 13.0 Å². The quantitative estimate of drug-likeness (QED) is 0.182. The van der Waals surface area contributed by atoms with Gasteiger partial charge in [0.15, 0.2) is 11.6 Å². The van der Waals surface area contributed by atoms with Crippen molar-refractivity contribution in [1.29, 1.82) is 5.41 Å². The van der Waals surface area contributed by atoms with Crippen LogP contribution < -0.4 is 5.32 Å².